The second-order valence-corrected chi connectivity index (χ2v) is 6.89. The molecule has 7 heteroatoms. The van der Waals surface area contributed by atoms with E-state index in [2.05, 4.69) is 9.98 Å². The zero-order chi connectivity index (χ0) is 21.9. The summed E-state index contributed by atoms with van der Waals surface area (Å²) in [6, 6.07) is 22.3. The van der Waals surface area contributed by atoms with Gasteiger partial charge >= 0.3 is 5.97 Å². The fourth-order valence-corrected chi connectivity index (χ4v) is 3.09. The van der Waals surface area contributed by atoms with Crippen molar-refractivity contribution in [2.75, 3.05) is 0 Å². The van der Waals surface area contributed by atoms with Gasteiger partial charge in [0.25, 0.3) is 5.95 Å². The Kier molecular flexibility index (Phi) is 4.97. The number of furan rings is 1. The number of esters is 1. The molecule has 32 heavy (non-hydrogen) atoms. The summed E-state index contributed by atoms with van der Waals surface area (Å²) in [5.41, 5.74) is 3.59. The zero-order valence-corrected chi connectivity index (χ0v) is 16.6. The van der Waals surface area contributed by atoms with Gasteiger partial charge in [-0.1, -0.05) is 24.3 Å². The molecule has 3 aromatic carbocycles. The van der Waals surface area contributed by atoms with Gasteiger partial charge in [0.05, 0.1) is 23.1 Å². The van der Waals surface area contributed by atoms with Gasteiger partial charge in [-0.25, -0.2) is 9.78 Å². The maximum atomic E-state index is 12.1. The molecule has 0 saturated heterocycles. The predicted molar refractivity (Wildman–Crippen MR) is 118 cm³/mol. The molecule has 7 nitrogen and oxygen atoms in total. The second kappa shape index (κ2) is 8.23. The molecule has 5 aromatic rings. The van der Waals surface area contributed by atoms with Gasteiger partial charge in [-0.2, -0.15) is 0 Å². The number of carbonyl (C=O) groups is 1. The van der Waals surface area contributed by atoms with Crippen molar-refractivity contribution in [2.45, 2.75) is 0 Å². The van der Waals surface area contributed by atoms with E-state index < -0.39 is 5.97 Å². The van der Waals surface area contributed by atoms with Gasteiger partial charge < -0.3 is 18.7 Å². The lowest BCUT2D eigenvalue weighted by Gasteiger charge is -2.02. The number of para-hydroxylation sites is 2. The van der Waals surface area contributed by atoms with Gasteiger partial charge in [-0.3, -0.25) is 4.99 Å². The molecule has 0 spiro atoms. The van der Waals surface area contributed by atoms with Crippen LogP contribution in [0.15, 0.2) is 99.0 Å². The van der Waals surface area contributed by atoms with Crippen LogP contribution in [0.2, 0.25) is 0 Å². The minimum absolute atomic E-state index is 0.0509. The number of benzene rings is 3. The molecule has 156 valence electrons. The van der Waals surface area contributed by atoms with Crippen LogP contribution in [0.5, 0.6) is 11.7 Å². The largest absolute Gasteiger partial charge is 0.507 e. The second-order valence-electron chi connectivity index (χ2n) is 6.89. The van der Waals surface area contributed by atoms with Crippen molar-refractivity contribution in [1.29, 1.82) is 0 Å². The van der Waals surface area contributed by atoms with Gasteiger partial charge in [-0.05, 0) is 54.1 Å². The maximum Gasteiger partial charge on any atom is 0.345 e. The number of aromatic hydroxyl groups is 1. The molecule has 0 aliphatic rings. The molecule has 0 aliphatic carbocycles. The summed E-state index contributed by atoms with van der Waals surface area (Å²) in [5.74, 6) is 0.00256. The fourth-order valence-electron chi connectivity index (χ4n) is 3.09. The summed E-state index contributed by atoms with van der Waals surface area (Å²) in [6.45, 7) is 0. The van der Waals surface area contributed by atoms with Crippen LogP contribution in [-0.2, 0) is 0 Å². The van der Waals surface area contributed by atoms with E-state index in [1.54, 1.807) is 60.8 Å². The molecule has 0 atom stereocenters. The van der Waals surface area contributed by atoms with Crippen LogP contribution in [0, 0.1) is 0 Å². The van der Waals surface area contributed by atoms with Gasteiger partial charge in [0, 0.05) is 12.3 Å². The third-order valence-electron chi connectivity index (χ3n) is 4.70. The Morgan fingerprint density at radius 2 is 1.84 bits per heavy atom. The predicted octanol–water partition coefficient (Wildman–Crippen LogP) is 5.76. The number of nitrogens with zero attached hydrogens (tertiary/aromatic N) is 2. The van der Waals surface area contributed by atoms with Crippen molar-refractivity contribution in [3.05, 3.63) is 96.3 Å². The summed E-state index contributed by atoms with van der Waals surface area (Å²) in [6.07, 6.45) is 3.09. The summed E-state index contributed by atoms with van der Waals surface area (Å²) in [7, 11) is 0. The van der Waals surface area contributed by atoms with Gasteiger partial charge in [0.15, 0.2) is 5.58 Å². The third-order valence-corrected chi connectivity index (χ3v) is 4.70. The molecule has 0 radical (unpaired) electrons. The molecule has 0 bridgehead atoms. The number of phenolic OH excluding ortho intramolecular Hbond substituents is 1. The Labute approximate surface area is 182 Å². The molecular weight excluding hydrogens is 408 g/mol. The molecular formula is C25H16N2O5. The molecule has 0 fully saturated rings. The van der Waals surface area contributed by atoms with Crippen molar-refractivity contribution in [3.8, 4) is 23.1 Å². The standard InChI is InChI=1S/C25H16N2O5/c28-21-12-11-18(14-19(21)24-27-20-4-1-2-5-22(20)31-24)26-15-16-7-9-17(10-8-16)25(29)32-23-6-3-13-30-23/h1-15,28H. The number of aliphatic imine (C=N–C) groups is 1. The normalized spacial score (nSPS) is 11.2. The summed E-state index contributed by atoms with van der Waals surface area (Å²) in [5, 5.41) is 10.3. The first-order valence-electron chi connectivity index (χ1n) is 9.74. The molecule has 2 aromatic heterocycles. The van der Waals surface area contributed by atoms with E-state index in [0.717, 1.165) is 5.56 Å². The highest BCUT2D eigenvalue weighted by Crippen LogP contribution is 2.34. The van der Waals surface area contributed by atoms with Crippen LogP contribution in [0.4, 0.5) is 5.69 Å². The first-order valence-corrected chi connectivity index (χ1v) is 9.74. The molecule has 2 heterocycles. The van der Waals surface area contributed by atoms with E-state index in [0.29, 0.717) is 33.8 Å². The van der Waals surface area contributed by atoms with Crippen molar-refractivity contribution in [3.63, 3.8) is 0 Å². The molecule has 0 unspecified atom stereocenters. The zero-order valence-electron chi connectivity index (χ0n) is 16.6. The quantitative estimate of drug-likeness (QED) is 0.284. The van der Waals surface area contributed by atoms with Crippen molar-refractivity contribution < 1.29 is 23.5 Å². The fraction of sp³-hybridized carbons (Fsp3) is 0. The highest BCUT2D eigenvalue weighted by molar-refractivity contribution is 5.92. The number of fused-ring (bicyclic) bond motifs is 1. The number of oxazole rings is 1. The number of hydrogen-bond acceptors (Lipinski definition) is 7. The molecule has 0 aliphatic heterocycles. The summed E-state index contributed by atoms with van der Waals surface area (Å²) >= 11 is 0. The molecule has 5 rings (SSSR count). The van der Waals surface area contributed by atoms with Crippen LogP contribution < -0.4 is 4.74 Å². The first kappa shape index (κ1) is 19.3. The Balaban J connectivity index is 1.34. The Hall–Kier alpha value is -4.65. The minimum Gasteiger partial charge on any atom is -0.507 e. The van der Waals surface area contributed by atoms with Crippen LogP contribution in [-0.4, -0.2) is 22.3 Å². The number of hydrogen-bond donors (Lipinski definition) is 1. The van der Waals surface area contributed by atoms with E-state index >= 15 is 0 Å². The maximum absolute atomic E-state index is 12.1. The minimum atomic E-state index is -0.509. The number of carbonyl (C=O) groups excluding carboxylic acids is 1. The Morgan fingerprint density at radius 3 is 2.62 bits per heavy atom. The smallest absolute Gasteiger partial charge is 0.345 e. The van der Waals surface area contributed by atoms with E-state index in [1.807, 2.05) is 24.3 Å². The van der Waals surface area contributed by atoms with E-state index in [-0.39, 0.29) is 11.7 Å². The van der Waals surface area contributed by atoms with E-state index in [1.165, 1.54) is 6.26 Å². The van der Waals surface area contributed by atoms with Gasteiger partial charge in [-0.15, -0.1) is 0 Å². The molecule has 0 amide bonds. The first-order chi connectivity index (χ1) is 15.7. The number of ether oxygens (including phenoxy) is 1. The van der Waals surface area contributed by atoms with Crippen molar-refractivity contribution in [1.82, 2.24) is 4.98 Å². The number of phenols is 1. The average molecular weight is 424 g/mol. The van der Waals surface area contributed by atoms with Crippen LogP contribution in [0.3, 0.4) is 0 Å². The SMILES string of the molecule is O=C(Oc1ccco1)c1ccc(C=Nc2ccc(O)c(-c3nc4ccccc4o3)c2)cc1. The van der Waals surface area contributed by atoms with Gasteiger partial charge in [0.2, 0.25) is 5.89 Å². The number of rotatable bonds is 5. The lowest BCUT2D eigenvalue weighted by Crippen LogP contribution is -2.07. The van der Waals surface area contributed by atoms with Crippen LogP contribution >= 0.6 is 0 Å². The van der Waals surface area contributed by atoms with Gasteiger partial charge in [0.1, 0.15) is 11.3 Å². The van der Waals surface area contributed by atoms with Crippen molar-refractivity contribution in [2.24, 2.45) is 4.99 Å². The van der Waals surface area contributed by atoms with Crippen molar-refractivity contribution >= 4 is 29.0 Å². The average Bonchev–Trinajstić information content (AvgIpc) is 3.48. The van der Waals surface area contributed by atoms with Crippen LogP contribution in [0.1, 0.15) is 15.9 Å². The Bertz CT molecular complexity index is 1380. The molecule has 0 saturated carbocycles. The molecule has 1 N–H and O–H groups in total. The lowest BCUT2D eigenvalue weighted by atomic mass is 10.1. The van der Waals surface area contributed by atoms with E-state index in [9.17, 15) is 9.90 Å². The van der Waals surface area contributed by atoms with E-state index in [4.69, 9.17) is 13.6 Å². The summed E-state index contributed by atoms with van der Waals surface area (Å²) < 4.78 is 15.9. The Morgan fingerprint density at radius 1 is 1.00 bits per heavy atom. The highest BCUT2D eigenvalue weighted by Gasteiger charge is 2.13. The van der Waals surface area contributed by atoms with Crippen LogP contribution in [0.25, 0.3) is 22.6 Å². The number of aromatic nitrogens is 1. The lowest BCUT2D eigenvalue weighted by molar-refractivity contribution is 0.0694. The highest BCUT2D eigenvalue weighted by atomic mass is 16.6. The summed E-state index contributed by atoms with van der Waals surface area (Å²) in [4.78, 5) is 21.0. The monoisotopic (exact) mass is 424 g/mol. The third kappa shape index (κ3) is 3.99. The topological polar surface area (TPSA) is 98.1 Å².